The molecular formula is C9H15Cl2F3N4O. The van der Waals surface area contributed by atoms with E-state index in [1.807, 2.05) is 4.90 Å². The smallest absolute Gasteiger partial charge is 0.338 e. The van der Waals surface area contributed by atoms with Gasteiger partial charge < -0.3 is 10.3 Å². The molecule has 0 radical (unpaired) electrons. The van der Waals surface area contributed by atoms with Crippen LogP contribution >= 0.6 is 24.8 Å². The average molecular weight is 323 g/mol. The van der Waals surface area contributed by atoms with Gasteiger partial charge in [0, 0.05) is 6.54 Å². The highest BCUT2D eigenvalue weighted by Gasteiger charge is 2.37. The lowest BCUT2D eigenvalue weighted by Crippen LogP contribution is -2.23. The standard InChI is InChI=1S/C9H13F3N4O.2ClH/c10-9(11,12)8-14-7(17-15-8)5-16-2-1-6(3-13)4-16;;/h6H,1-5,13H2;2*1H. The Morgan fingerprint density at radius 1 is 1.37 bits per heavy atom. The van der Waals surface area contributed by atoms with E-state index in [0.29, 0.717) is 12.5 Å². The van der Waals surface area contributed by atoms with Crippen LogP contribution in [0.25, 0.3) is 0 Å². The van der Waals surface area contributed by atoms with E-state index in [1.165, 1.54) is 0 Å². The van der Waals surface area contributed by atoms with E-state index in [2.05, 4.69) is 14.7 Å². The van der Waals surface area contributed by atoms with Crippen LogP contribution in [0.4, 0.5) is 13.2 Å². The van der Waals surface area contributed by atoms with Crippen LogP contribution in [0, 0.1) is 5.92 Å². The fourth-order valence-corrected chi connectivity index (χ4v) is 1.87. The van der Waals surface area contributed by atoms with Crippen LogP contribution in [0.3, 0.4) is 0 Å². The van der Waals surface area contributed by atoms with Crippen molar-refractivity contribution in [3.63, 3.8) is 0 Å². The number of alkyl halides is 3. The van der Waals surface area contributed by atoms with E-state index in [9.17, 15) is 13.2 Å². The molecule has 10 heteroatoms. The summed E-state index contributed by atoms with van der Waals surface area (Å²) in [6, 6.07) is 0. The van der Waals surface area contributed by atoms with Crippen molar-refractivity contribution in [3.8, 4) is 0 Å². The van der Waals surface area contributed by atoms with Crippen molar-refractivity contribution in [2.45, 2.75) is 19.1 Å². The van der Waals surface area contributed by atoms with E-state index in [4.69, 9.17) is 5.73 Å². The average Bonchev–Trinajstić information content (AvgIpc) is 2.86. The lowest BCUT2D eigenvalue weighted by Gasteiger charge is -2.12. The zero-order valence-electron chi connectivity index (χ0n) is 9.89. The molecule has 1 aliphatic rings. The first-order valence-corrected chi connectivity index (χ1v) is 5.31. The van der Waals surface area contributed by atoms with E-state index >= 15 is 0 Å². The monoisotopic (exact) mass is 322 g/mol. The second-order valence-electron chi connectivity index (χ2n) is 4.14. The molecule has 1 unspecified atom stereocenters. The number of likely N-dealkylation sites (tertiary alicyclic amines) is 1. The maximum Gasteiger partial charge on any atom is 0.455 e. The third-order valence-electron chi connectivity index (χ3n) is 2.78. The molecule has 0 bridgehead atoms. The van der Waals surface area contributed by atoms with Gasteiger partial charge in [0.15, 0.2) is 0 Å². The fraction of sp³-hybridized carbons (Fsp3) is 0.778. The fourth-order valence-electron chi connectivity index (χ4n) is 1.87. The maximum absolute atomic E-state index is 12.2. The van der Waals surface area contributed by atoms with Crippen molar-refractivity contribution in [1.82, 2.24) is 15.0 Å². The largest absolute Gasteiger partial charge is 0.455 e. The Morgan fingerprint density at radius 2 is 2.05 bits per heavy atom. The number of nitrogens with two attached hydrogens (primary N) is 1. The van der Waals surface area contributed by atoms with Gasteiger partial charge >= 0.3 is 6.18 Å². The summed E-state index contributed by atoms with van der Waals surface area (Å²) in [7, 11) is 0. The minimum atomic E-state index is -4.55. The molecule has 2 N–H and O–H groups in total. The van der Waals surface area contributed by atoms with Gasteiger partial charge in [-0.1, -0.05) is 5.16 Å². The summed E-state index contributed by atoms with van der Waals surface area (Å²) in [6.07, 6.45) is -3.59. The van der Waals surface area contributed by atoms with Crippen molar-refractivity contribution >= 4 is 24.8 Å². The van der Waals surface area contributed by atoms with Crippen LogP contribution in [0.2, 0.25) is 0 Å². The van der Waals surface area contributed by atoms with Gasteiger partial charge in [-0.05, 0) is 25.4 Å². The van der Waals surface area contributed by atoms with Crippen LogP contribution in [0.15, 0.2) is 4.52 Å². The number of hydrogen-bond acceptors (Lipinski definition) is 5. The molecule has 1 atom stereocenters. The molecule has 0 aromatic carbocycles. The summed E-state index contributed by atoms with van der Waals surface area (Å²) in [5, 5.41) is 2.91. The molecule has 0 aliphatic carbocycles. The maximum atomic E-state index is 12.2. The third kappa shape index (κ3) is 4.79. The zero-order valence-corrected chi connectivity index (χ0v) is 11.5. The van der Waals surface area contributed by atoms with Crippen LogP contribution < -0.4 is 5.73 Å². The molecule has 2 rings (SSSR count). The highest BCUT2D eigenvalue weighted by molar-refractivity contribution is 5.85. The van der Waals surface area contributed by atoms with E-state index in [1.54, 1.807) is 0 Å². The van der Waals surface area contributed by atoms with Gasteiger partial charge in [-0.2, -0.15) is 18.2 Å². The molecule has 0 amide bonds. The normalized spacial score (nSPS) is 19.9. The highest BCUT2D eigenvalue weighted by atomic mass is 35.5. The van der Waals surface area contributed by atoms with Gasteiger partial charge in [-0.3, -0.25) is 4.90 Å². The number of aromatic nitrogens is 2. The van der Waals surface area contributed by atoms with Crippen LogP contribution in [-0.2, 0) is 12.7 Å². The Labute approximate surface area is 120 Å². The molecule has 1 fully saturated rings. The number of rotatable bonds is 3. The van der Waals surface area contributed by atoms with Gasteiger partial charge in [0.05, 0.1) is 6.54 Å². The molecule has 2 heterocycles. The molecule has 0 saturated carbocycles. The molecule has 19 heavy (non-hydrogen) atoms. The van der Waals surface area contributed by atoms with Gasteiger partial charge in [0.1, 0.15) is 0 Å². The van der Waals surface area contributed by atoms with Crippen molar-refractivity contribution in [2.24, 2.45) is 11.7 Å². The predicted octanol–water partition coefficient (Wildman–Crippen LogP) is 1.71. The summed E-state index contributed by atoms with van der Waals surface area (Å²) in [4.78, 5) is 5.28. The molecule has 5 nitrogen and oxygen atoms in total. The minimum absolute atomic E-state index is 0. The number of hydrogen-bond donors (Lipinski definition) is 1. The molecule has 112 valence electrons. The summed E-state index contributed by atoms with van der Waals surface area (Å²) >= 11 is 0. The van der Waals surface area contributed by atoms with Crippen LogP contribution in [0.5, 0.6) is 0 Å². The number of nitrogens with zero attached hydrogens (tertiary/aromatic N) is 3. The third-order valence-corrected chi connectivity index (χ3v) is 2.78. The molecule has 0 spiro atoms. The molecule has 1 aromatic heterocycles. The number of halogens is 5. The topological polar surface area (TPSA) is 68.2 Å². The van der Waals surface area contributed by atoms with E-state index < -0.39 is 12.0 Å². The van der Waals surface area contributed by atoms with Crippen LogP contribution in [-0.4, -0.2) is 34.7 Å². The summed E-state index contributed by atoms with van der Waals surface area (Å²) in [6.45, 7) is 2.40. The SMILES string of the molecule is Cl.Cl.NCC1CCN(Cc2nc(C(F)(F)F)no2)C1. The molecular weight excluding hydrogens is 308 g/mol. The summed E-state index contributed by atoms with van der Waals surface area (Å²) in [5.41, 5.74) is 5.52. The Balaban J connectivity index is 0.00000162. The zero-order chi connectivity index (χ0) is 12.5. The molecule has 1 saturated heterocycles. The molecule has 1 aliphatic heterocycles. The molecule has 1 aromatic rings. The van der Waals surface area contributed by atoms with Crippen molar-refractivity contribution < 1.29 is 17.7 Å². The Bertz CT molecular complexity index is 388. The first kappa shape index (κ1) is 18.4. The first-order valence-electron chi connectivity index (χ1n) is 5.31. The Kier molecular flexibility index (Phi) is 7.06. The quantitative estimate of drug-likeness (QED) is 0.917. The van der Waals surface area contributed by atoms with Crippen molar-refractivity contribution in [1.29, 1.82) is 0 Å². The lowest BCUT2D eigenvalue weighted by molar-refractivity contribution is -0.146. The second-order valence-corrected chi connectivity index (χ2v) is 4.14. The van der Waals surface area contributed by atoms with Gasteiger partial charge in [0.25, 0.3) is 5.82 Å². The van der Waals surface area contributed by atoms with Crippen molar-refractivity contribution in [3.05, 3.63) is 11.7 Å². The van der Waals surface area contributed by atoms with E-state index in [0.717, 1.165) is 19.5 Å². The second kappa shape index (κ2) is 7.28. The van der Waals surface area contributed by atoms with Gasteiger partial charge in [0.2, 0.25) is 5.89 Å². The van der Waals surface area contributed by atoms with Crippen LogP contribution in [0.1, 0.15) is 18.1 Å². The lowest BCUT2D eigenvalue weighted by atomic mass is 10.1. The Morgan fingerprint density at radius 3 is 2.53 bits per heavy atom. The first-order chi connectivity index (χ1) is 7.99. The summed E-state index contributed by atoms with van der Waals surface area (Å²) in [5.74, 6) is -0.822. The predicted molar refractivity (Wildman–Crippen MR) is 66.2 cm³/mol. The summed E-state index contributed by atoms with van der Waals surface area (Å²) < 4.78 is 41.2. The van der Waals surface area contributed by atoms with E-state index in [-0.39, 0.29) is 37.2 Å². The van der Waals surface area contributed by atoms with Crippen molar-refractivity contribution in [2.75, 3.05) is 19.6 Å². The van der Waals surface area contributed by atoms with Gasteiger partial charge in [-0.15, -0.1) is 24.8 Å². The highest BCUT2D eigenvalue weighted by Crippen LogP contribution is 2.26. The minimum Gasteiger partial charge on any atom is -0.338 e. The Hall–Kier alpha value is -0.570. The van der Waals surface area contributed by atoms with Gasteiger partial charge in [-0.25, -0.2) is 0 Å².